The second kappa shape index (κ2) is 8.76. The van der Waals surface area contributed by atoms with Crippen LogP contribution in [0.4, 0.5) is 11.4 Å². The number of anilines is 2. The summed E-state index contributed by atoms with van der Waals surface area (Å²) < 4.78 is 6.35. The number of hydrogen-bond donors (Lipinski definition) is 2. The summed E-state index contributed by atoms with van der Waals surface area (Å²) in [6, 6.07) is 14.7. The van der Waals surface area contributed by atoms with Crippen molar-refractivity contribution in [1.29, 1.82) is 0 Å². The molecule has 7 nitrogen and oxygen atoms in total. The molecule has 27 heavy (non-hydrogen) atoms. The quantitative estimate of drug-likeness (QED) is 0.527. The molecule has 0 spiro atoms. The smallest absolute Gasteiger partial charge is 0.227 e. The molecule has 8 heteroatoms. The molecule has 0 saturated heterocycles. The first-order valence-corrected chi connectivity index (χ1v) is 9.33. The third kappa shape index (κ3) is 5.61. The lowest BCUT2D eigenvalue weighted by molar-refractivity contribution is -0.116. The van der Waals surface area contributed by atoms with E-state index in [1.54, 1.807) is 24.3 Å². The molecule has 0 aliphatic heterocycles. The molecule has 2 aromatic carbocycles. The summed E-state index contributed by atoms with van der Waals surface area (Å²) in [5.41, 5.74) is 2.20. The van der Waals surface area contributed by atoms with Gasteiger partial charge in [-0.25, -0.2) is 0 Å². The van der Waals surface area contributed by atoms with Gasteiger partial charge in [-0.3, -0.25) is 9.59 Å². The van der Waals surface area contributed by atoms with Gasteiger partial charge >= 0.3 is 0 Å². The first kappa shape index (κ1) is 19.0. The van der Waals surface area contributed by atoms with Crippen LogP contribution in [-0.4, -0.2) is 22.0 Å². The Morgan fingerprint density at radius 1 is 1.00 bits per heavy atom. The molecule has 138 valence electrons. The van der Waals surface area contributed by atoms with Crippen molar-refractivity contribution in [2.45, 2.75) is 19.8 Å². The monoisotopic (exact) mass is 476 g/mol. The van der Waals surface area contributed by atoms with Gasteiger partial charge in [-0.05, 0) is 59.0 Å². The molecule has 0 radical (unpaired) electrons. The highest BCUT2D eigenvalue weighted by molar-refractivity contribution is 14.1. The Morgan fingerprint density at radius 2 is 1.63 bits per heavy atom. The number of carbonyl (C=O) groups is 2. The number of aromatic nitrogens is 2. The summed E-state index contributed by atoms with van der Waals surface area (Å²) in [4.78, 5) is 27.4. The molecule has 0 saturated carbocycles. The highest BCUT2D eigenvalue weighted by Crippen LogP contribution is 2.18. The van der Waals surface area contributed by atoms with Gasteiger partial charge in [0.2, 0.25) is 23.5 Å². The Labute approximate surface area is 169 Å². The number of amides is 2. The van der Waals surface area contributed by atoms with E-state index in [1.807, 2.05) is 24.3 Å². The summed E-state index contributed by atoms with van der Waals surface area (Å²) >= 11 is 2.23. The Hall–Kier alpha value is -2.75. The molecule has 0 unspecified atom stereocenters. The lowest BCUT2D eigenvalue weighted by Gasteiger charge is -2.06. The topological polar surface area (TPSA) is 97.1 Å². The molecule has 3 rings (SSSR count). The zero-order valence-corrected chi connectivity index (χ0v) is 16.7. The summed E-state index contributed by atoms with van der Waals surface area (Å²) in [6.07, 6.45) is 0.578. The lowest BCUT2D eigenvalue weighted by Crippen LogP contribution is -2.12. The van der Waals surface area contributed by atoms with Crippen LogP contribution in [0.1, 0.15) is 19.2 Å². The zero-order chi connectivity index (χ0) is 19.2. The molecule has 2 amide bonds. The second-order valence-electron chi connectivity index (χ2n) is 5.83. The Morgan fingerprint density at radius 3 is 2.26 bits per heavy atom. The average Bonchev–Trinajstić information content (AvgIpc) is 3.11. The van der Waals surface area contributed by atoms with Crippen molar-refractivity contribution >= 4 is 45.8 Å². The Kier molecular flexibility index (Phi) is 6.17. The fourth-order valence-corrected chi connectivity index (χ4v) is 2.72. The van der Waals surface area contributed by atoms with Crippen molar-refractivity contribution in [2.75, 3.05) is 10.6 Å². The van der Waals surface area contributed by atoms with Crippen LogP contribution in [0.3, 0.4) is 0 Å². The normalized spacial score (nSPS) is 10.4. The van der Waals surface area contributed by atoms with Crippen molar-refractivity contribution in [1.82, 2.24) is 10.1 Å². The van der Waals surface area contributed by atoms with Crippen LogP contribution in [0.5, 0.6) is 0 Å². The van der Waals surface area contributed by atoms with E-state index in [1.165, 1.54) is 6.92 Å². The number of halogens is 1. The maximum Gasteiger partial charge on any atom is 0.227 e. The van der Waals surface area contributed by atoms with Gasteiger partial charge in [0.05, 0.1) is 0 Å². The largest absolute Gasteiger partial charge is 0.339 e. The van der Waals surface area contributed by atoms with Gasteiger partial charge < -0.3 is 15.2 Å². The van der Waals surface area contributed by atoms with Crippen molar-refractivity contribution in [3.8, 4) is 11.4 Å². The van der Waals surface area contributed by atoms with Gasteiger partial charge in [-0.2, -0.15) is 4.98 Å². The third-order valence-electron chi connectivity index (χ3n) is 3.63. The predicted octanol–water partition coefficient (Wildman–Crippen LogP) is 3.87. The van der Waals surface area contributed by atoms with Gasteiger partial charge in [0.25, 0.3) is 0 Å². The molecular weight excluding hydrogens is 459 g/mol. The number of hydrogen-bond acceptors (Lipinski definition) is 5. The summed E-state index contributed by atoms with van der Waals surface area (Å²) in [5.74, 6) is 0.627. The molecule has 0 bridgehead atoms. The first-order valence-electron chi connectivity index (χ1n) is 8.25. The van der Waals surface area contributed by atoms with E-state index < -0.39 is 0 Å². The molecule has 0 aliphatic rings. The van der Waals surface area contributed by atoms with Gasteiger partial charge in [0, 0.05) is 40.3 Å². The first-order chi connectivity index (χ1) is 13.0. The molecule has 3 aromatic rings. The predicted molar refractivity (Wildman–Crippen MR) is 110 cm³/mol. The molecule has 1 aromatic heterocycles. The minimum Gasteiger partial charge on any atom is -0.339 e. The van der Waals surface area contributed by atoms with Crippen molar-refractivity contribution < 1.29 is 14.1 Å². The number of rotatable bonds is 6. The maximum atomic E-state index is 12.1. The number of aryl methyl sites for hydroxylation is 1. The van der Waals surface area contributed by atoms with Crippen LogP contribution in [0.25, 0.3) is 11.4 Å². The number of nitrogens with zero attached hydrogens (tertiary/aromatic N) is 2. The molecule has 0 atom stereocenters. The fourth-order valence-electron chi connectivity index (χ4n) is 2.36. The van der Waals surface area contributed by atoms with Crippen molar-refractivity contribution in [3.63, 3.8) is 0 Å². The third-order valence-corrected chi connectivity index (χ3v) is 4.34. The van der Waals surface area contributed by atoms with E-state index >= 15 is 0 Å². The zero-order valence-electron chi connectivity index (χ0n) is 14.5. The van der Waals surface area contributed by atoms with Crippen LogP contribution in [0.15, 0.2) is 53.1 Å². The SMILES string of the molecule is CC(=O)Nc1ccc(NC(=O)CCc2nc(-c3ccc(I)cc3)no2)cc1. The second-order valence-corrected chi connectivity index (χ2v) is 7.07. The lowest BCUT2D eigenvalue weighted by atomic mass is 10.2. The fraction of sp³-hybridized carbons (Fsp3) is 0.158. The van der Waals surface area contributed by atoms with Crippen molar-refractivity contribution in [2.24, 2.45) is 0 Å². The number of carbonyl (C=O) groups excluding carboxylic acids is 2. The number of nitrogens with one attached hydrogen (secondary N) is 2. The van der Waals surface area contributed by atoms with E-state index in [0.29, 0.717) is 29.5 Å². The van der Waals surface area contributed by atoms with E-state index in [-0.39, 0.29) is 18.2 Å². The minimum absolute atomic E-state index is 0.143. The van der Waals surface area contributed by atoms with E-state index in [4.69, 9.17) is 4.52 Å². The Balaban J connectivity index is 1.52. The maximum absolute atomic E-state index is 12.1. The van der Waals surface area contributed by atoms with Gasteiger partial charge in [0.1, 0.15) is 0 Å². The summed E-state index contributed by atoms with van der Waals surface area (Å²) in [5, 5.41) is 9.42. The van der Waals surface area contributed by atoms with Gasteiger partial charge in [-0.15, -0.1) is 0 Å². The highest BCUT2D eigenvalue weighted by Gasteiger charge is 2.11. The van der Waals surface area contributed by atoms with Crippen LogP contribution < -0.4 is 10.6 Å². The van der Waals surface area contributed by atoms with Crippen molar-refractivity contribution in [3.05, 3.63) is 58.0 Å². The number of benzene rings is 2. The van der Waals surface area contributed by atoms with Gasteiger partial charge in [-0.1, -0.05) is 17.3 Å². The van der Waals surface area contributed by atoms with Crippen LogP contribution in [0, 0.1) is 3.57 Å². The Bertz CT molecular complexity index is 936. The molecule has 0 aliphatic carbocycles. The summed E-state index contributed by atoms with van der Waals surface area (Å²) in [6.45, 7) is 1.44. The van der Waals surface area contributed by atoms with Crippen LogP contribution in [-0.2, 0) is 16.0 Å². The highest BCUT2D eigenvalue weighted by atomic mass is 127. The van der Waals surface area contributed by atoms with E-state index in [9.17, 15) is 9.59 Å². The molecule has 1 heterocycles. The van der Waals surface area contributed by atoms with Gasteiger partial charge in [0.15, 0.2) is 0 Å². The standard InChI is InChI=1S/C19H17IN4O3/c1-12(25)21-15-6-8-16(9-7-15)22-17(26)10-11-18-23-19(24-27-18)13-2-4-14(20)5-3-13/h2-9H,10-11H2,1H3,(H,21,25)(H,22,26). The average molecular weight is 476 g/mol. The van der Waals surface area contributed by atoms with E-state index in [2.05, 4.69) is 43.4 Å². The molecular formula is C19H17IN4O3. The molecule has 2 N–H and O–H groups in total. The summed E-state index contributed by atoms with van der Waals surface area (Å²) in [7, 11) is 0. The van der Waals surface area contributed by atoms with Crippen LogP contribution in [0.2, 0.25) is 0 Å². The van der Waals surface area contributed by atoms with E-state index in [0.717, 1.165) is 9.13 Å². The van der Waals surface area contributed by atoms with Crippen LogP contribution >= 0.6 is 22.6 Å². The minimum atomic E-state index is -0.156. The molecule has 0 fully saturated rings.